The van der Waals surface area contributed by atoms with Crippen molar-refractivity contribution in [2.24, 2.45) is 27.1 Å². The highest BCUT2D eigenvalue weighted by Crippen LogP contribution is 2.60. The molecule has 0 aliphatic carbocycles. The standard InChI is InChI=1S/C48H90O2/c1-39(2,3)28-44(16,17)33-34(45(18,19)29-40(4,5)6)36(47(22,23)31-42(10,11)12)38(50-27-26-49)37(48(24,25)32-43(13,14)15)35(33)46(20,21)30-41(7,8)9/h49H,26-32H2,1-25H3. The minimum Gasteiger partial charge on any atom is -0.491 e. The lowest BCUT2D eigenvalue weighted by Gasteiger charge is -2.51. The van der Waals surface area contributed by atoms with Crippen molar-refractivity contribution >= 4 is 0 Å². The molecule has 2 heteroatoms. The third-order valence-corrected chi connectivity index (χ3v) is 10.0. The molecule has 294 valence electrons. The van der Waals surface area contributed by atoms with E-state index in [-0.39, 0.29) is 60.8 Å². The summed E-state index contributed by atoms with van der Waals surface area (Å²) in [5.41, 5.74) is 7.15. The first kappa shape index (κ1) is 47.0. The Morgan fingerprint density at radius 3 is 0.680 bits per heavy atom. The molecule has 0 unspecified atom stereocenters. The van der Waals surface area contributed by atoms with Crippen LogP contribution in [0.15, 0.2) is 0 Å². The number of hydrogen-bond donors (Lipinski definition) is 1. The number of rotatable bonds is 13. The van der Waals surface area contributed by atoms with E-state index in [9.17, 15) is 5.11 Å². The number of hydrogen-bond acceptors (Lipinski definition) is 2. The van der Waals surface area contributed by atoms with E-state index in [1.54, 1.807) is 5.56 Å². The van der Waals surface area contributed by atoms with Gasteiger partial charge in [0, 0.05) is 11.1 Å². The fourth-order valence-electron chi connectivity index (χ4n) is 11.4. The molecule has 0 saturated heterocycles. The van der Waals surface area contributed by atoms with Gasteiger partial charge in [0.25, 0.3) is 0 Å². The summed E-state index contributed by atoms with van der Waals surface area (Å²) in [6.07, 6.45) is 5.24. The Hall–Kier alpha value is -1.02. The maximum atomic E-state index is 10.4. The van der Waals surface area contributed by atoms with Crippen molar-refractivity contribution in [1.82, 2.24) is 0 Å². The zero-order valence-corrected chi connectivity index (χ0v) is 38.8. The summed E-state index contributed by atoms with van der Waals surface area (Å²) in [4.78, 5) is 0. The lowest BCUT2D eigenvalue weighted by molar-refractivity contribution is 0.185. The summed E-state index contributed by atoms with van der Waals surface area (Å²) < 4.78 is 7.17. The highest BCUT2D eigenvalue weighted by atomic mass is 16.5. The summed E-state index contributed by atoms with van der Waals surface area (Å²) in [6, 6.07) is 0. The zero-order valence-electron chi connectivity index (χ0n) is 38.8. The molecule has 1 aromatic rings. The van der Waals surface area contributed by atoms with Crippen LogP contribution in [0.4, 0.5) is 0 Å². The van der Waals surface area contributed by atoms with E-state index >= 15 is 0 Å². The van der Waals surface area contributed by atoms with Crippen LogP contribution in [0.25, 0.3) is 0 Å². The highest BCUT2D eigenvalue weighted by Gasteiger charge is 2.50. The molecule has 1 N–H and O–H groups in total. The van der Waals surface area contributed by atoms with Gasteiger partial charge in [-0.15, -0.1) is 0 Å². The molecule has 0 radical (unpaired) electrons. The monoisotopic (exact) mass is 699 g/mol. The van der Waals surface area contributed by atoms with Crippen molar-refractivity contribution < 1.29 is 9.84 Å². The Morgan fingerprint density at radius 1 is 0.320 bits per heavy atom. The minimum absolute atomic E-state index is 0.00299. The average molecular weight is 699 g/mol. The Kier molecular flexibility index (Phi) is 13.8. The van der Waals surface area contributed by atoms with Gasteiger partial charge in [-0.05, 0) is 103 Å². The van der Waals surface area contributed by atoms with E-state index in [0.717, 1.165) is 37.9 Å². The first-order valence-electron chi connectivity index (χ1n) is 20.1. The molecule has 0 fully saturated rings. The second kappa shape index (κ2) is 14.7. The van der Waals surface area contributed by atoms with E-state index in [2.05, 4.69) is 173 Å². The number of ether oxygens (including phenoxy) is 1. The Balaban J connectivity index is 5.32. The molecule has 0 heterocycles. The molecule has 1 rings (SSSR count). The molecule has 2 nitrogen and oxygen atoms in total. The van der Waals surface area contributed by atoms with E-state index in [0.29, 0.717) is 6.61 Å². The number of aliphatic hydroxyl groups is 1. The van der Waals surface area contributed by atoms with Crippen molar-refractivity contribution in [2.75, 3.05) is 13.2 Å². The van der Waals surface area contributed by atoms with Crippen molar-refractivity contribution in [3.05, 3.63) is 27.8 Å². The van der Waals surface area contributed by atoms with Gasteiger partial charge in [-0.3, -0.25) is 0 Å². The SMILES string of the molecule is CC(C)(C)CC(C)(C)c1c(OCCO)c(C(C)(C)CC(C)(C)C)c(C(C)(C)CC(C)(C)C)c(C(C)(C)CC(C)(C)C)c1C(C)(C)CC(C)(C)C. The predicted molar refractivity (Wildman–Crippen MR) is 225 cm³/mol. The van der Waals surface area contributed by atoms with Crippen molar-refractivity contribution in [3.63, 3.8) is 0 Å². The summed E-state index contributed by atoms with van der Waals surface area (Å²) in [5.74, 6) is 1.06. The van der Waals surface area contributed by atoms with Crippen LogP contribution < -0.4 is 4.74 Å². The van der Waals surface area contributed by atoms with Gasteiger partial charge in [0.05, 0.1) is 6.61 Å². The van der Waals surface area contributed by atoms with Crippen LogP contribution in [0.2, 0.25) is 0 Å². The quantitative estimate of drug-likeness (QED) is 0.222. The molecular formula is C48H90O2. The molecule has 0 bridgehead atoms. The Morgan fingerprint density at radius 2 is 0.500 bits per heavy atom. The fraction of sp³-hybridized carbons (Fsp3) is 0.875. The number of benzene rings is 1. The molecule has 0 saturated carbocycles. The topological polar surface area (TPSA) is 29.5 Å². The molecule has 1 aromatic carbocycles. The minimum atomic E-state index is -0.195. The molecule has 0 aromatic heterocycles. The van der Waals surface area contributed by atoms with E-state index in [1.165, 1.54) is 22.3 Å². The van der Waals surface area contributed by atoms with E-state index in [1.807, 2.05) is 0 Å². The smallest absolute Gasteiger partial charge is 0.127 e. The van der Waals surface area contributed by atoms with Gasteiger partial charge in [-0.1, -0.05) is 173 Å². The van der Waals surface area contributed by atoms with Crippen LogP contribution in [0, 0.1) is 27.1 Å². The lowest BCUT2D eigenvalue weighted by atomic mass is 9.54. The molecule has 0 spiro atoms. The summed E-state index contributed by atoms with van der Waals surface area (Å²) in [7, 11) is 0. The van der Waals surface area contributed by atoms with Gasteiger partial charge in [0.2, 0.25) is 0 Å². The van der Waals surface area contributed by atoms with E-state index < -0.39 is 0 Å². The molecular weight excluding hydrogens is 609 g/mol. The summed E-state index contributed by atoms with van der Waals surface area (Å²) >= 11 is 0. The lowest BCUT2D eigenvalue weighted by Crippen LogP contribution is -2.43. The Bertz CT molecular complexity index is 1200. The molecule has 0 aliphatic rings. The molecule has 0 atom stereocenters. The van der Waals surface area contributed by atoms with Gasteiger partial charge in [0.15, 0.2) is 0 Å². The van der Waals surface area contributed by atoms with Gasteiger partial charge in [-0.25, -0.2) is 0 Å². The summed E-state index contributed by atoms with van der Waals surface area (Å²) in [6.45, 7) is 61.4. The average Bonchev–Trinajstić information content (AvgIpc) is 2.73. The van der Waals surface area contributed by atoms with Crippen LogP contribution in [-0.4, -0.2) is 18.3 Å². The zero-order chi connectivity index (χ0) is 40.1. The second-order valence-electron chi connectivity index (χ2n) is 25.9. The summed E-state index contributed by atoms with van der Waals surface area (Å²) in [5, 5.41) is 10.4. The normalized spacial score (nSPS) is 15.2. The van der Waals surface area contributed by atoms with E-state index in [4.69, 9.17) is 4.74 Å². The van der Waals surface area contributed by atoms with Crippen LogP contribution in [0.5, 0.6) is 5.75 Å². The first-order valence-corrected chi connectivity index (χ1v) is 20.1. The number of aliphatic hydroxyl groups excluding tert-OH is 1. The largest absolute Gasteiger partial charge is 0.491 e. The maximum absolute atomic E-state index is 10.4. The highest BCUT2D eigenvalue weighted by molar-refractivity contribution is 5.66. The molecule has 0 amide bonds. The third kappa shape index (κ3) is 13.1. The second-order valence-corrected chi connectivity index (χ2v) is 25.9. The first-order chi connectivity index (χ1) is 21.6. The maximum Gasteiger partial charge on any atom is 0.127 e. The fourth-order valence-corrected chi connectivity index (χ4v) is 11.4. The third-order valence-electron chi connectivity index (χ3n) is 10.0. The van der Waals surface area contributed by atoms with Crippen LogP contribution in [-0.2, 0) is 27.1 Å². The van der Waals surface area contributed by atoms with Crippen molar-refractivity contribution in [3.8, 4) is 5.75 Å². The van der Waals surface area contributed by atoms with Crippen molar-refractivity contribution in [2.45, 2.75) is 232 Å². The molecule has 50 heavy (non-hydrogen) atoms. The van der Waals surface area contributed by atoms with Crippen LogP contribution >= 0.6 is 0 Å². The molecule has 0 aliphatic heterocycles. The Labute approximate surface area is 315 Å². The van der Waals surface area contributed by atoms with Crippen LogP contribution in [0.3, 0.4) is 0 Å². The predicted octanol–water partition coefficient (Wildman–Crippen LogP) is 14.6. The van der Waals surface area contributed by atoms with Crippen LogP contribution in [0.1, 0.15) is 233 Å². The van der Waals surface area contributed by atoms with Gasteiger partial charge in [0.1, 0.15) is 12.4 Å². The van der Waals surface area contributed by atoms with Crippen molar-refractivity contribution in [1.29, 1.82) is 0 Å². The van der Waals surface area contributed by atoms with Gasteiger partial charge in [-0.2, -0.15) is 0 Å². The van der Waals surface area contributed by atoms with Gasteiger partial charge < -0.3 is 9.84 Å². The van der Waals surface area contributed by atoms with Gasteiger partial charge >= 0.3 is 0 Å².